The number of carbonyl (C=O) groups excluding carboxylic acids is 1. The van der Waals surface area contributed by atoms with Crippen molar-refractivity contribution in [3.8, 4) is 0 Å². The Kier molecular flexibility index (Phi) is 4.52. The van der Waals surface area contributed by atoms with Gasteiger partial charge in [0.1, 0.15) is 0 Å². The van der Waals surface area contributed by atoms with Crippen LogP contribution in [0.1, 0.15) is 16.7 Å². The van der Waals surface area contributed by atoms with Gasteiger partial charge in [-0.2, -0.15) is 0 Å². The van der Waals surface area contributed by atoms with Gasteiger partial charge < -0.3 is 4.74 Å². The Labute approximate surface area is 143 Å². The summed E-state index contributed by atoms with van der Waals surface area (Å²) in [6.07, 6.45) is 4.79. The van der Waals surface area contributed by atoms with Crippen molar-refractivity contribution >= 4 is 23.6 Å². The number of carbonyl (C=O) groups is 1. The van der Waals surface area contributed by atoms with Gasteiger partial charge in [0.05, 0.1) is 4.92 Å². The quantitative estimate of drug-likeness (QED) is 0.368. The molecule has 3 rings (SSSR count). The van der Waals surface area contributed by atoms with Crippen molar-refractivity contribution < 1.29 is 14.5 Å². The number of cyclic esters (lactones) is 1. The van der Waals surface area contributed by atoms with Crippen molar-refractivity contribution in [2.75, 3.05) is 0 Å². The number of ether oxygens (including phenoxy) is 1. The Morgan fingerprint density at radius 2 is 1.96 bits per heavy atom. The highest BCUT2D eigenvalue weighted by Gasteiger charge is 2.24. The molecule has 0 amide bonds. The van der Waals surface area contributed by atoms with E-state index in [4.69, 9.17) is 4.74 Å². The Bertz CT molecular complexity index is 942. The van der Waals surface area contributed by atoms with Crippen LogP contribution in [0.5, 0.6) is 0 Å². The number of nitro groups is 1. The molecule has 0 saturated heterocycles. The molecule has 6 nitrogen and oxygen atoms in total. The fraction of sp³-hybridized carbons (Fsp3) is 0.0526. The summed E-state index contributed by atoms with van der Waals surface area (Å²) in [6.45, 7) is 1.91. The van der Waals surface area contributed by atoms with Crippen molar-refractivity contribution in [2.45, 2.75) is 6.92 Å². The van der Waals surface area contributed by atoms with E-state index in [9.17, 15) is 14.9 Å². The summed E-state index contributed by atoms with van der Waals surface area (Å²) >= 11 is 0. The molecule has 0 aromatic heterocycles. The molecule has 0 bridgehead atoms. The predicted octanol–water partition coefficient (Wildman–Crippen LogP) is 3.80. The highest BCUT2D eigenvalue weighted by atomic mass is 16.6. The van der Waals surface area contributed by atoms with Crippen LogP contribution < -0.4 is 0 Å². The van der Waals surface area contributed by atoms with Crippen LogP contribution in [0.25, 0.3) is 6.08 Å². The van der Waals surface area contributed by atoms with Crippen LogP contribution in [-0.4, -0.2) is 16.8 Å². The summed E-state index contributed by atoms with van der Waals surface area (Å²) in [7, 11) is 0. The number of allylic oxidation sites excluding steroid dienone is 2. The van der Waals surface area contributed by atoms with Gasteiger partial charge in [0.15, 0.2) is 5.70 Å². The largest absolute Gasteiger partial charge is 0.402 e. The first kappa shape index (κ1) is 16.3. The van der Waals surface area contributed by atoms with Crippen molar-refractivity contribution in [3.05, 3.63) is 93.2 Å². The van der Waals surface area contributed by atoms with Crippen LogP contribution in [0.4, 0.5) is 5.69 Å². The summed E-state index contributed by atoms with van der Waals surface area (Å²) in [4.78, 5) is 26.5. The van der Waals surface area contributed by atoms with E-state index in [1.54, 1.807) is 24.3 Å². The van der Waals surface area contributed by atoms with Gasteiger partial charge in [-0.25, -0.2) is 9.79 Å². The van der Waals surface area contributed by atoms with Gasteiger partial charge in [0.2, 0.25) is 5.90 Å². The second-order valence-corrected chi connectivity index (χ2v) is 5.38. The van der Waals surface area contributed by atoms with E-state index in [1.807, 2.05) is 31.2 Å². The van der Waals surface area contributed by atoms with Crippen molar-refractivity contribution in [1.82, 2.24) is 0 Å². The van der Waals surface area contributed by atoms with Crippen molar-refractivity contribution in [2.24, 2.45) is 4.99 Å². The average molecular weight is 334 g/mol. The molecule has 0 aliphatic carbocycles. The number of aryl methyl sites for hydroxylation is 1. The van der Waals surface area contributed by atoms with Crippen molar-refractivity contribution in [1.29, 1.82) is 0 Å². The molecule has 124 valence electrons. The minimum atomic E-state index is -0.526. The average Bonchev–Trinajstić information content (AvgIpc) is 2.96. The number of esters is 1. The third-order valence-corrected chi connectivity index (χ3v) is 3.62. The third-order valence-electron chi connectivity index (χ3n) is 3.62. The maximum absolute atomic E-state index is 11.9. The maximum Gasteiger partial charge on any atom is 0.363 e. The van der Waals surface area contributed by atoms with Gasteiger partial charge in [-0.15, -0.1) is 0 Å². The van der Waals surface area contributed by atoms with E-state index in [1.165, 1.54) is 18.2 Å². The Morgan fingerprint density at radius 1 is 1.16 bits per heavy atom. The molecule has 0 atom stereocenters. The Morgan fingerprint density at radius 3 is 2.72 bits per heavy atom. The van der Waals surface area contributed by atoms with Crippen molar-refractivity contribution in [3.63, 3.8) is 0 Å². The van der Waals surface area contributed by atoms with Crippen LogP contribution in [0.2, 0.25) is 0 Å². The van der Waals surface area contributed by atoms with Gasteiger partial charge in [0.25, 0.3) is 5.69 Å². The summed E-state index contributed by atoms with van der Waals surface area (Å²) in [5, 5.41) is 10.8. The lowest BCUT2D eigenvalue weighted by Crippen LogP contribution is -2.06. The zero-order valence-corrected chi connectivity index (χ0v) is 13.4. The monoisotopic (exact) mass is 334 g/mol. The van der Waals surface area contributed by atoms with Crippen LogP contribution >= 0.6 is 0 Å². The number of aliphatic imine (C=N–C) groups is 1. The zero-order valence-electron chi connectivity index (χ0n) is 13.4. The lowest BCUT2D eigenvalue weighted by molar-refractivity contribution is -0.384. The first-order valence-electron chi connectivity index (χ1n) is 7.54. The fourth-order valence-electron chi connectivity index (χ4n) is 2.34. The molecular weight excluding hydrogens is 320 g/mol. The standard InChI is InChI=1S/C19H14N2O4/c1-13-6-2-3-10-16(13)18-20-17(19(22)25-18)11-5-8-14-7-4-9-15(12-14)21(23)24/h2-12H,1H3/b8-5+,17-11-. The minimum Gasteiger partial charge on any atom is -0.402 e. The lowest BCUT2D eigenvalue weighted by Gasteiger charge is -2.02. The topological polar surface area (TPSA) is 81.8 Å². The number of hydrogen-bond donors (Lipinski definition) is 0. The molecule has 2 aromatic rings. The van der Waals surface area contributed by atoms with Crippen LogP contribution in [0.3, 0.4) is 0 Å². The predicted molar refractivity (Wildman–Crippen MR) is 94.0 cm³/mol. The van der Waals surface area contributed by atoms with E-state index >= 15 is 0 Å². The second kappa shape index (κ2) is 6.92. The van der Waals surface area contributed by atoms with E-state index in [0.29, 0.717) is 5.56 Å². The summed E-state index contributed by atoms with van der Waals surface area (Å²) in [6, 6.07) is 13.7. The molecule has 0 fully saturated rings. The number of nitro benzene ring substituents is 1. The SMILES string of the molecule is Cc1ccccc1C1=N/C(=C\C=C\c2cccc([N+](=O)[O-])c2)C(=O)O1. The molecule has 1 heterocycles. The smallest absolute Gasteiger partial charge is 0.363 e. The third kappa shape index (κ3) is 3.69. The van der Waals surface area contributed by atoms with E-state index in [2.05, 4.69) is 4.99 Å². The molecule has 1 aliphatic heterocycles. The molecule has 6 heteroatoms. The fourth-order valence-corrected chi connectivity index (χ4v) is 2.34. The first-order chi connectivity index (χ1) is 12.0. The van der Waals surface area contributed by atoms with Gasteiger partial charge >= 0.3 is 5.97 Å². The number of nitrogens with zero attached hydrogens (tertiary/aromatic N) is 2. The summed E-state index contributed by atoms with van der Waals surface area (Å²) in [5.41, 5.74) is 2.57. The van der Waals surface area contributed by atoms with Gasteiger partial charge in [-0.3, -0.25) is 10.1 Å². The number of rotatable bonds is 4. The Balaban J connectivity index is 1.82. The maximum atomic E-state index is 11.9. The summed E-state index contributed by atoms with van der Waals surface area (Å²) < 4.78 is 5.21. The molecule has 0 unspecified atom stereocenters. The molecule has 0 spiro atoms. The van der Waals surface area contributed by atoms with E-state index in [-0.39, 0.29) is 17.3 Å². The molecule has 1 aliphatic rings. The normalized spacial score (nSPS) is 15.5. The molecule has 2 aromatic carbocycles. The van der Waals surface area contributed by atoms with Crippen LogP contribution in [0, 0.1) is 17.0 Å². The zero-order chi connectivity index (χ0) is 17.8. The summed E-state index contributed by atoms with van der Waals surface area (Å²) in [5.74, 6) is -0.250. The second-order valence-electron chi connectivity index (χ2n) is 5.38. The minimum absolute atomic E-state index is 0.00920. The molecular formula is C19H14N2O4. The number of non-ortho nitro benzene ring substituents is 1. The van der Waals surface area contributed by atoms with Gasteiger partial charge in [-0.05, 0) is 30.2 Å². The number of benzene rings is 2. The number of hydrogen-bond acceptors (Lipinski definition) is 5. The van der Waals surface area contributed by atoms with E-state index < -0.39 is 10.9 Å². The van der Waals surface area contributed by atoms with E-state index in [0.717, 1.165) is 11.1 Å². The lowest BCUT2D eigenvalue weighted by atomic mass is 10.1. The molecule has 25 heavy (non-hydrogen) atoms. The molecule has 0 saturated carbocycles. The van der Waals surface area contributed by atoms with Crippen LogP contribution in [0.15, 0.2) is 71.4 Å². The first-order valence-corrected chi connectivity index (χ1v) is 7.54. The molecule has 0 N–H and O–H groups in total. The van der Waals surface area contributed by atoms with Gasteiger partial charge in [0, 0.05) is 17.7 Å². The Hall–Kier alpha value is -3.54. The van der Waals surface area contributed by atoms with Crippen LogP contribution in [-0.2, 0) is 9.53 Å². The highest BCUT2D eigenvalue weighted by molar-refractivity contribution is 6.11. The van der Waals surface area contributed by atoms with Gasteiger partial charge in [-0.1, -0.05) is 42.5 Å². The molecule has 0 radical (unpaired) electrons. The highest BCUT2D eigenvalue weighted by Crippen LogP contribution is 2.19.